The molecule has 2 atom stereocenters. The lowest BCUT2D eigenvalue weighted by atomic mass is 10.1. The minimum Gasteiger partial charge on any atom is -0.352 e. The van der Waals surface area contributed by atoms with Crippen LogP contribution in [-0.4, -0.2) is 50.0 Å². The number of rotatable bonds is 11. The van der Waals surface area contributed by atoms with Crippen LogP contribution in [0.1, 0.15) is 50.3 Å². The van der Waals surface area contributed by atoms with Crippen molar-refractivity contribution in [3.63, 3.8) is 0 Å². The average Bonchev–Trinajstić information content (AvgIpc) is 2.79. The first-order valence-electron chi connectivity index (χ1n) is 11.9. The van der Waals surface area contributed by atoms with E-state index in [1.807, 2.05) is 19.9 Å². The normalized spacial score (nSPS) is 13.1. The van der Waals surface area contributed by atoms with E-state index in [1.165, 1.54) is 4.90 Å². The Hall–Kier alpha value is -2.29. The van der Waals surface area contributed by atoms with Crippen molar-refractivity contribution in [3.05, 3.63) is 63.1 Å². The summed E-state index contributed by atoms with van der Waals surface area (Å²) in [5.74, 6) is -0.855. The summed E-state index contributed by atoms with van der Waals surface area (Å²) in [6, 6.07) is 9.49. The van der Waals surface area contributed by atoms with Gasteiger partial charge in [0.05, 0.1) is 11.9 Å². The molecule has 36 heavy (non-hydrogen) atoms. The molecule has 0 radical (unpaired) electrons. The number of nitrogens with one attached hydrogen (secondary N) is 1. The molecule has 2 rings (SSSR count). The predicted molar refractivity (Wildman–Crippen MR) is 147 cm³/mol. The summed E-state index contributed by atoms with van der Waals surface area (Å²) in [5.41, 5.74) is 2.37. The molecule has 0 heterocycles. The zero-order chi connectivity index (χ0) is 27.2. The highest BCUT2D eigenvalue weighted by Gasteiger charge is 2.33. The van der Waals surface area contributed by atoms with Gasteiger partial charge in [0.25, 0.3) is 0 Å². The van der Waals surface area contributed by atoms with Gasteiger partial charge >= 0.3 is 0 Å². The van der Waals surface area contributed by atoms with Gasteiger partial charge in [-0.3, -0.25) is 13.9 Å². The number of para-hydroxylation sites is 1. The van der Waals surface area contributed by atoms with Crippen molar-refractivity contribution in [3.8, 4) is 0 Å². The molecule has 0 fully saturated rings. The summed E-state index contributed by atoms with van der Waals surface area (Å²) in [7, 11) is -3.82. The van der Waals surface area contributed by atoms with Gasteiger partial charge in [-0.1, -0.05) is 61.3 Å². The number of nitrogens with zero attached hydrogens (tertiary/aromatic N) is 2. The number of aryl methyl sites for hydroxylation is 2. The zero-order valence-electron chi connectivity index (χ0n) is 21.6. The van der Waals surface area contributed by atoms with E-state index in [1.54, 1.807) is 51.1 Å². The van der Waals surface area contributed by atoms with E-state index >= 15 is 0 Å². The molecule has 0 aliphatic heterocycles. The molecule has 0 saturated carbocycles. The van der Waals surface area contributed by atoms with Crippen molar-refractivity contribution >= 4 is 50.7 Å². The predicted octanol–water partition coefficient (Wildman–Crippen LogP) is 5.10. The van der Waals surface area contributed by atoms with E-state index in [-0.39, 0.29) is 18.5 Å². The Balaban J connectivity index is 2.56. The standard InChI is InChI=1S/C26H35Cl2N3O4S/c1-7-19(5)29-26(33)23(8-2)30(15-20-21(27)13-10-14-22(20)28)24(32)16-31(36(6,34)35)25-17(3)11-9-12-18(25)4/h9-14,19,23H,7-8,15-16H2,1-6H3,(H,29,33)/t19-,23-/m1/s1. The maximum Gasteiger partial charge on any atom is 0.244 e. The van der Waals surface area contributed by atoms with E-state index in [0.717, 1.165) is 28.1 Å². The number of carbonyl (C=O) groups is 2. The Morgan fingerprint density at radius 1 is 0.972 bits per heavy atom. The largest absolute Gasteiger partial charge is 0.352 e. The molecule has 0 spiro atoms. The molecule has 0 saturated heterocycles. The highest BCUT2D eigenvalue weighted by molar-refractivity contribution is 7.92. The lowest BCUT2D eigenvalue weighted by Gasteiger charge is -2.34. The second-order valence-corrected chi connectivity index (χ2v) is 11.7. The molecular formula is C26H35Cl2N3O4S. The first-order valence-corrected chi connectivity index (χ1v) is 14.5. The highest BCUT2D eigenvalue weighted by Crippen LogP contribution is 2.29. The first-order chi connectivity index (χ1) is 16.8. The molecule has 0 unspecified atom stereocenters. The summed E-state index contributed by atoms with van der Waals surface area (Å²) in [4.78, 5) is 28.4. The van der Waals surface area contributed by atoms with Gasteiger partial charge in [0.2, 0.25) is 21.8 Å². The quantitative estimate of drug-likeness (QED) is 0.418. The SMILES string of the molecule is CC[C@@H](C)NC(=O)[C@@H](CC)N(Cc1c(Cl)cccc1Cl)C(=O)CN(c1c(C)cccc1C)S(C)(=O)=O. The van der Waals surface area contributed by atoms with Gasteiger partial charge in [-0.25, -0.2) is 8.42 Å². The summed E-state index contributed by atoms with van der Waals surface area (Å²) in [5, 5.41) is 3.64. The number of halogens is 2. The van der Waals surface area contributed by atoms with Crippen LogP contribution in [0.2, 0.25) is 10.0 Å². The number of sulfonamides is 1. The fourth-order valence-electron chi connectivity index (χ4n) is 3.99. The molecular weight excluding hydrogens is 521 g/mol. The van der Waals surface area contributed by atoms with E-state index < -0.39 is 28.5 Å². The van der Waals surface area contributed by atoms with Crippen LogP contribution in [0.4, 0.5) is 5.69 Å². The van der Waals surface area contributed by atoms with Crippen LogP contribution < -0.4 is 9.62 Å². The third-order valence-electron chi connectivity index (χ3n) is 6.15. The minimum atomic E-state index is -3.82. The molecule has 1 N–H and O–H groups in total. The van der Waals surface area contributed by atoms with Gasteiger partial charge < -0.3 is 10.2 Å². The van der Waals surface area contributed by atoms with Crippen molar-refractivity contribution < 1.29 is 18.0 Å². The zero-order valence-corrected chi connectivity index (χ0v) is 24.0. The van der Waals surface area contributed by atoms with Crippen molar-refractivity contribution in [2.45, 2.75) is 66.1 Å². The van der Waals surface area contributed by atoms with Crippen LogP contribution >= 0.6 is 23.2 Å². The lowest BCUT2D eigenvalue weighted by Crippen LogP contribution is -2.53. The van der Waals surface area contributed by atoms with Gasteiger partial charge in [-0.05, 0) is 56.9 Å². The van der Waals surface area contributed by atoms with Crippen molar-refractivity contribution in [2.75, 3.05) is 17.1 Å². The van der Waals surface area contributed by atoms with Gasteiger partial charge in [0.1, 0.15) is 12.6 Å². The number of amides is 2. The summed E-state index contributed by atoms with van der Waals surface area (Å²) < 4.78 is 26.8. The topological polar surface area (TPSA) is 86.8 Å². The Morgan fingerprint density at radius 2 is 1.50 bits per heavy atom. The second-order valence-electron chi connectivity index (χ2n) is 8.97. The summed E-state index contributed by atoms with van der Waals surface area (Å²) >= 11 is 12.8. The van der Waals surface area contributed by atoms with Gasteiger partial charge in [-0.2, -0.15) is 0 Å². The molecule has 7 nitrogen and oxygen atoms in total. The maximum absolute atomic E-state index is 13.8. The fourth-order valence-corrected chi connectivity index (χ4v) is 5.47. The van der Waals surface area contributed by atoms with E-state index in [0.29, 0.717) is 27.7 Å². The Morgan fingerprint density at radius 3 is 1.97 bits per heavy atom. The number of anilines is 1. The summed E-state index contributed by atoms with van der Waals surface area (Å²) in [6.45, 7) is 8.70. The van der Waals surface area contributed by atoms with Crippen molar-refractivity contribution in [1.29, 1.82) is 0 Å². The number of benzene rings is 2. The van der Waals surface area contributed by atoms with Gasteiger partial charge in [0.15, 0.2) is 0 Å². The van der Waals surface area contributed by atoms with Crippen LogP contribution in [0.3, 0.4) is 0 Å². The molecule has 10 heteroatoms. The van der Waals surface area contributed by atoms with Gasteiger partial charge in [-0.15, -0.1) is 0 Å². The maximum atomic E-state index is 13.8. The lowest BCUT2D eigenvalue weighted by molar-refractivity contribution is -0.140. The Bertz CT molecular complexity index is 1160. The molecule has 198 valence electrons. The molecule has 0 aromatic heterocycles. The Kier molecular flexibility index (Phi) is 10.6. The monoisotopic (exact) mass is 555 g/mol. The number of hydrogen-bond acceptors (Lipinski definition) is 4. The highest BCUT2D eigenvalue weighted by atomic mass is 35.5. The average molecular weight is 557 g/mol. The third-order valence-corrected chi connectivity index (χ3v) is 7.97. The van der Waals surface area contributed by atoms with Gasteiger partial charge in [0, 0.05) is 28.2 Å². The van der Waals surface area contributed by atoms with Crippen LogP contribution in [-0.2, 0) is 26.2 Å². The van der Waals surface area contributed by atoms with E-state index in [4.69, 9.17) is 23.2 Å². The number of carbonyl (C=O) groups excluding carboxylic acids is 2. The van der Waals surface area contributed by atoms with Crippen molar-refractivity contribution in [1.82, 2.24) is 10.2 Å². The second kappa shape index (κ2) is 12.8. The minimum absolute atomic E-state index is 0.0475. The summed E-state index contributed by atoms with van der Waals surface area (Å²) in [6.07, 6.45) is 2.10. The third kappa shape index (κ3) is 7.37. The smallest absolute Gasteiger partial charge is 0.244 e. The van der Waals surface area contributed by atoms with Crippen LogP contribution in [0, 0.1) is 13.8 Å². The van der Waals surface area contributed by atoms with Crippen molar-refractivity contribution in [2.24, 2.45) is 0 Å². The first kappa shape index (κ1) is 29.9. The van der Waals surface area contributed by atoms with E-state index in [9.17, 15) is 18.0 Å². The molecule has 2 aromatic rings. The number of hydrogen-bond donors (Lipinski definition) is 1. The van der Waals surface area contributed by atoms with Crippen LogP contribution in [0.5, 0.6) is 0 Å². The molecule has 2 amide bonds. The molecule has 2 aromatic carbocycles. The van der Waals surface area contributed by atoms with Crippen LogP contribution in [0.25, 0.3) is 0 Å². The van der Waals surface area contributed by atoms with E-state index in [2.05, 4.69) is 5.32 Å². The molecule has 0 aliphatic rings. The molecule has 0 bridgehead atoms. The molecule has 0 aliphatic carbocycles. The Labute approximate surface area is 224 Å². The van der Waals surface area contributed by atoms with Crippen LogP contribution in [0.15, 0.2) is 36.4 Å². The fraction of sp³-hybridized carbons (Fsp3) is 0.462.